The Morgan fingerprint density at radius 2 is 1.90 bits per heavy atom. The lowest BCUT2D eigenvalue weighted by atomic mass is 10.1. The number of likely N-dealkylation sites (N-methyl/N-ethyl adjacent to an activating group) is 1. The van der Waals surface area contributed by atoms with Gasteiger partial charge >= 0.3 is 0 Å². The highest BCUT2D eigenvalue weighted by molar-refractivity contribution is 5.95. The molecule has 21 heavy (non-hydrogen) atoms. The summed E-state index contributed by atoms with van der Waals surface area (Å²) in [7, 11) is 2.08. The van der Waals surface area contributed by atoms with Gasteiger partial charge in [-0.3, -0.25) is 9.78 Å². The second-order valence-electron chi connectivity index (χ2n) is 5.38. The Morgan fingerprint density at radius 3 is 2.71 bits per heavy atom. The van der Waals surface area contributed by atoms with E-state index in [9.17, 15) is 4.79 Å². The monoisotopic (exact) mass is 281 g/mol. The van der Waals surface area contributed by atoms with E-state index in [0.717, 1.165) is 42.6 Å². The highest BCUT2D eigenvalue weighted by atomic mass is 16.2. The zero-order valence-electron chi connectivity index (χ0n) is 12.2. The molecule has 0 radical (unpaired) electrons. The summed E-state index contributed by atoms with van der Waals surface area (Å²) in [6.45, 7) is 3.49. The molecule has 1 aromatic carbocycles. The molecule has 0 N–H and O–H groups in total. The van der Waals surface area contributed by atoms with Crippen LogP contribution in [-0.2, 0) is 4.79 Å². The van der Waals surface area contributed by atoms with Gasteiger partial charge < -0.3 is 9.80 Å². The van der Waals surface area contributed by atoms with Crippen molar-refractivity contribution in [3.8, 4) is 0 Å². The summed E-state index contributed by atoms with van der Waals surface area (Å²) in [5, 5.41) is 1.07. The lowest BCUT2D eigenvalue weighted by Gasteiger charge is -2.31. The first-order chi connectivity index (χ1) is 10.2. The van der Waals surface area contributed by atoms with Crippen molar-refractivity contribution in [2.75, 3.05) is 33.2 Å². The number of pyridine rings is 1. The van der Waals surface area contributed by atoms with Crippen LogP contribution < -0.4 is 0 Å². The maximum Gasteiger partial charge on any atom is 0.246 e. The van der Waals surface area contributed by atoms with Crippen molar-refractivity contribution >= 4 is 22.9 Å². The van der Waals surface area contributed by atoms with Crippen molar-refractivity contribution < 1.29 is 4.79 Å². The SMILES string of the molecule is CN1CCN(C(=O)/C=C/c2ccnc3ccccc23)CC1. The molecule has 108 valence electrons. The molecule has 0 saturated carbocycles. The number of amides is 1. The van der Waals surface area contributed by atoms with Gasteiger partial charge in [-0.25, -0.2) is 0 Å². The smallest absolute Gasteiger partial charge is 0.246 e. The number of rotatable bonds is 2. The van der Waals surface area contributed by atoms with Crippen molar-refractivity contribution in [2.45, 2.75) is 0 Å². The number of para-hydroxylation sites is 1. The molecular formula is C17H19N3O. The fourth-order valence-corrected chi connectivity index (χ4v) is 2.56. The Kier molecular flexibility index (Phi) is 3.97. The number of carbonyl (C=O) groups excluding carboxylic acids is 1. The molecule has 1 aromatic heterocycles. The zero-order valence-corrected chi connectivity index (χ0v) is 12.2. The topological polar surface area (TPSA) is 36.4 Å². The van der Waals surface area contributed by atoms with Gasteiger partial charge in [-0.1, -0.05) is 18.2 Å². The maximum atomic E-state index is 12.2. The van der Waals surface area contributed by atoms with Crippen LogP contribution in [0.15, 0.2) is 42.6 Å². The van der Waals surface area contributed by atoms with Crippen LogP contribution in [0.5, 0.6) is 0 Å². The molecule has 1 saturated heterocycles. The molecule has 0 unspecified atom stereocenters. The van der Waals surface area contributed by atoms with Crippen molar-refractivity contribution in [3.63, 3.8) is 0 Å². The first-order valence-electron chi connectivity index (χ1n) is 7.23. The minimum Gasteiger partial charge on any atom is -0.337 e. The van der Waals surface area contributed by atoms with Crippen LogP contribution in [0, 0.1) is 0 Å². The summed E-state index contributed by atoms with van der Waals surface area (Å²) in [6.07, 6.45) is 5.35. The van der Waals surface area contributed by atoms with Crippen molar-refractivity contribution in [1.82, 2.24) is 14.8 Å². The number of hydrogen-bond donors (Lipinski definition) is 0. The van der Waals surface area contributed by atoms with Gasteiger partial charge in [-0.2, -0.15) is 0 Å². The summed E-state index contributed by atoms with van der Waals surface area (Å²) in [4.78, 5) is 20.7. The third kappa shape index (κ3) is 3.11. The predicted octanol–water partition coefficient (Wildman–Crippen LogP) is 2.02. The minimum absolute atomic E-state index is 0.0870. The van der Waals surface area contributed by atoms with E-state index < -0.39 is 0 Å². The van der Waals surface area contributed by atoms with Crippen LogP contribution in [0.2, 0.25) is 0 Å². The van der Waals surface area contributed by atoms with E-state index in [1.165, 1.54) is 0 Å². The van der Waals surface area contributed by atoms with Gasteiger partial charge in [0.1, 0.15) is 0 Å². The third-order valence-electron chi connectivity index (χ3n) is 3.90. The van der Waals surface area contributed by atoms with Gasteiger partial charge in [0.25, 0.3) is 0 Å². The Bertz CT molecular complexity index is 667. The van der Waals surface area contributed by atoms with Gasteiger partial charge in [0.15, 0.2) is 0 Å². The summed E-state index contributed by atoms with van der Waals surface area (Å²) in [5.74, 6) is 0.0870. The number of hydrogen-bond acceptors (Lipinski definition) is 3. The normalized spacial score (nSPS) is 16.7. The van der Waals surface area contributed by atoms with Gasteiger partial charge in [0.2, 0.25) is 5.91 Å². The Balaban J connectivity index is 1.77. The quantitative estimate of drug-likeness (QED) is 0.790. The van der Waals surface area contributed by atoms with E-state index in [1.54, 1.807) is 12.3 Å². The highest BCUT2D eigenvalue weighted by Crippen LogP contribution is 2.17. The molecule has 2 aromatic rings. The number of carbonyl (C=O) groups is 1. The minimum atomic E-state index is 0.0870. The first kappa shape index (κ1) is 13.8. The van der Waals surface area contributed by atoms with Gasteiger partial charge in [-0.05, 0) is 30.8 Å². The number of fused-ring (bicyclic) bond motifs is 1. The van der Waals surface area contributed by atoms with Crippen LogP contribution in [0.25, 0.3) is 17.0 Å². The highest BCUT2D eigenvalue weighted by Gasteiger charge is 2.16. The molecule has 0 atom stereocenters. The lowest BCUT2D eigenvalue weighted by molar-refractivity contribution is -0.127. The molecule has 3 rings (SSSR count). The van der Waals surface area contributed by atoms with Gasteiger partial charge in [0.05, 0.1) is 5.52 Å². The van der Waals surface area contributed by atoms with Gasteiger partial charge in [0, 0.05) is 43.8 Å². The summed E-state index contributed by atoms with van der Waals surface area (Å²) in [6, 6.07) is 9.91. The number of nitrogens with zero attached hydrogens (tertiary/aromatic N) is 3. The average Bonchev–Trinajstić information content (AvgIpc) is 2.53. The summed E-state index contributed by atoms with van der Waals surface area (Å²) >= 11 is 0. The summed E-state index contributed by atoms with van der Waals surface area (Å²) in [5.41, 5.74) is 1.98. The Morgan fingerprint density at radius 1 is 1.14 bits per heavy atom. The molecule has 0 aliphatic carbocycles. The standard InChI is InChI=1S/C17H19N3O/c1-19-10-12-20(13-11-19)17(21)7-6-14-8-9-18-16-5-3-2-4-15(14)16/h2-9H,10-13H2,1H3/b7-6+. The van der Waals surface area contributed by atoms with E-state index in [1.807, 2.05) is 41.3 Å². The molecule has 4 heteroatoms. The van der Waals surface area contributed by atoms with Crippen molar-refractivity contribution in [3.05, 3.63) is 48.2 Å². The van der Waals surface area contributed by atoms with Crippen LogP contribution in [0.1, 0.15) is 5.56 Å². The predicted molar refractivity (Wildman–Crippen MR) is 84.9 cm³/mol. The van der Waals surface area contributed by atoms with Crippen molar-refractivity contribution in [1.29, 1.82) is 0 Å². The van der Waals surface area contributed by atoms with Crippen LogP contribution in [0.3, 0.4) is 0 Å². The molecule has 0 bridgehead atoms. The number of benzene rings is 1. The van der Waals surface area contributed by atoms with Crippen LogP contribution >= 0.6 is 0 Å². The van der Waals surface area contributed by atoms with Gasteiger partial charge in [-0.15, -0.1) is 0 Å². The molecule has 1 fully saturated rings. The molecule has 1 aliphatic heterocycles. The maximum absolute atomic E-state index is 12.2. The average molecular weight is 281 g/mol. The molecule has 2 heterocycles. The second-order valence-corrected chi connectivity index (χ2v) is 5.38. The second kappa shape index (κ2) is 6.06. The fraction of sp³-hybridized carbons (Fsp3) is 0.294. The molecule has 1 amide bonds. The largest absolute Gasteiger partial charge is 0.337 e. The van der Waals surface area contributed by atoms with E-state index in [-0.39, 0.29) is 5.91 Å². The third-order valence-corrected chi connectivity index (χ3v) is 3.90. The fourth-order valence-electron chi connectivity index (χ4n) is 2.56. The lowest BCUT2D eigenvalue weighted by Crippen LogP contribution is -2.46. The van der Waals surface area contributed by atoms with E-state index in [4.69, 9.17) is 0 Å². The van der Waals surface area contributed by atoms with E-state index >= 15 is 0 Å². The molecule has 0 spiro atoms. The summed E-state index contributed by atoms with van der Waals surface area (Å²) < 4.78 is 0. The van der Waals surface area contributed by atoms with Crippen molar-refractivity contribution in [2.24, 2.45) is 0 Å². The zero-order chi connectivity index (χ0) is 14.7. The molecule has 1 aliphatic rings. The van der Waals surface area contributed by atoms with E-state index in [0.29, 0.717) is 0 Å². The molecular weight excluding hydrogens is 262 g/mol. The first-order valence-corrected chi connectivity index (χ1v) is 7.23. The van der Waals surface area contributed by atoms with E-state index in [2.05, 4.69) is 16.9 Å². The van der Waals surface area contributed by atoms with Crippen LogP contribution in [-0.4, -0.2) is 53.9 Å². The molecule has 4 nitrogen and oxygen atoms in total. The van der Waals surface area contributed by atoms with Crippen LogP contribution in [0.4, 0.5) is 0 Å². The Hall–Kier alpha value is -2.20. The number of piperazine rings is 1. The Labute approximate surface area is 124 Å². The number of aromatic nitrogens is 1.